The van der Waals surface area contributed by atoms with E-state index in [1.807, 2.05) is 13.8 Å². The van der Waals surface area contributed by atoms with Gasteiger partial charge in [-0.2, -0.15) is 0 Å². The summed E-state index contributed by atoms with van der Waals surface area (Å²) in [7, 11) is 0. The zero-order valence-corrected chi connectivity index (χ0v) is 7.78. The van der Waals surface area contributed by atoms with Crippen molar-refractivity contribution in [2.75, 3.05) is 0 Å². The maximum Gasteiger partial charge on any atom is 0.305 e. The van der Waals surface area contributed by atoms with Gasteiger partial charge >= 0.3 is 5.97 Å². The van der Waals surface area contributed by atoms with Crippen molar-refractivity contribution in [3.8, 4) is 0 Å². The maximum absolute atomic E-state index is 11.1. The van der Waals surface area contributed by atoms with Gasteiger partial charge in [-0.3, -0.25) is 9.59 Å². The van der Waals surface area contributed by atoms with Crippen LogP contribution < -0.4 is 11.1 Å². The van der Waals surface area contributed by atoms with Gasteiger partial charge in [-0.25, -0.2) is 0 Å². The van der Waals surface area contributed by atoms with E-state index in [4.69, 9.17) is 10.8 Å². The molecule has 1 amide bonds. The molecular formula is C8H15N2O3. The van der Waals surface area contributed by atoms with Gasteiger partial charge in [0, 0.05) is 0 Å². The first-order valence-corrected chi connectivity index (χ1v) is 4.04. The number of amides is 1. The summed E-state index contributed by atoms with van der Waals surface area (Å²) in [5.41, 5.74) is 5.29. The molecule has 0 aliphatic rings. The molecular weight excluding hydrogens is 172 g/mol. The summed E-state index contributed by atoms with van der Waals surface area (Å²) in [6.07, 6.45) is -0.349. The van der Waals surface area contributed by atoms with E-state index in [9.17, 15) is 9.59 Å². The smallest absolute Gasteiger partial charge is 0.305 e. The van der Waals surface area contributed by atoms with Crippen LogP contribution in [0.2, 0.25) is 0 Å². The maximum atomic E-state index is 11.1. The second-order valence-electron chi connectivity index (χ2n) is 3.12. The Morgan fingerprint density at radius 2 is 2.08 bits per heavy atom. The van der Waals surface area contributed by atoms with Crippen LogP contribution in [0.25, 0.3) is 0 Å². The highest BCUT2D eigenvalue weighted by atomic mass is 16.4. The van der Waals surface area contributed by atoms with Crippen molar-refractivity contribution < 1.29 is 14.7 Å². The van der Waals surface area contributed by atoms with Crippen LogP contribution >= 0.6 is 0 Å². The van der Waals surface area contributed by atoms with Crippen LogP contribution in [0.1, 0.15) is 20.3 Å². The van der Waals surface area contributed by atoms with Crippen molar-refractivity contribution in [1.29, 1.82) is 0 Å². The molecule has 0 bridgehead atoms. The van der Waals surface area contributed by atoms with Gasteiger partial charge in [0.1, 0.15) is 0 Å². The Bertz CT molecular complexity index is 192. The molecule has 0 aromatic rings. The number of carbonyl (C=O) groups is 2. The van der Waals surface area contributed by atoms with Crippen LogP contribution in [-0.2, 0) is 9.59 Å². The number of carboxylic acid groups (broad SMARTS) is 1. The Morgan fingerprint density at radius 3 is 2.46 bits per heavy atom. The normalized spacial score (nSPS) is 12.6. The molecule has 0 aliphatic heterocycles. The molecule has 0 aliphatic carbocycles. The molecule has 1 radical (unpaired) electrons. The average Bonchev–Trinajstić information content (AvgIpc) is 1.98. The summed E-state index contributed by atoms with van der Waals surface area (Å²) in [5, 5.41) is 10.8. The molecule has 0 aromatic heterocycles. The quantitative estimate of drug-likeness (QED) is 0.552. The molecule has 0 rings (SSSR count). The van der Waals surface area contributed by atoms with Crippen LogP contribution in [-0.4, -0.2) is 23.0 Å². The molecule has 4 N–H and O–H groups in total. The Balaban J connectivity index is 3.76. The summed E-state index contributed by atoms with van der Waals surface area (Å²) in [4.78, 5) is 21.2. The van der Waals surface area contributed by atoms with Gasteiger partial charge in [-0.1, -0.05) is 13.8 Å². The van der Waals surface area contributed by atoms with E-state index in [0.29, 0.717) is 0 Å². The zero-order chi connectivity index (χ0) is 10.4. The predicted octanol–water partition coefficient (Wildman–Crippen LogP) is -0.278. The fourth-order valence-electron chi connectivity index (χ4n) is 0.637. The highest BCUT2D eigenvalue weighted by Crippen LogP contribution is 1.95. The highest BCUT2D eigenvalue weighted by molar-refractivity contribution is 5.86. The van der Waals surface area contributed by atoms with Crippen molar-refractivity contribution >= 4 is 11.9 Å². The number of nitrogens with one attached hydrogen (secondary N) is 1. The van der Waals surface area contributed by atoms with E-state index in [0.717, 1.165) is 0 Å². The Kier molecular flexibility index (Phi) is 5.06. The molecule has 0 aromatic carbocycles. The molecule has 0 saturated carbocycles. The first kappa shape index (κ1) is 11.9. The topological polar surface area (TPSA) is 92.4 Å². The summed E-state index contributed by atoms with van der Waals surface area (Å²) < 4.78 is 0. The van der Waals surface area contributed by atoms with E-state index >= 15 is 0 Å². The Morgan fingerprint density at radius 1 is 1.54 bits per heavy atom. The monoisotopic (exact) mass is 187 g/mol. The van der Waals surface area contributed by atoms with Crippen LogP contribution in [0.5, 0.6) is 0 Å². The molecule has 75 valence electrons. The minimum atomic E-state index is -1.08. The summed E-state index contributed by atoms with van der Waals surface area (Å²) >= 11 is 0. The summed E-state index contributed by atoms with van der Waals surface area (Å²) in [6.45, 7) is 5.36. The van der Waals surface area contributed by atoms with Gasteiger partial charge in [0.15, 0.2) is 0 Å². The summed E-state index contributed by atoms with van der Waals surface area (Å²) in [6, 6.07) is -0.979. The second kappa shape index (κ2) is 5.53. The van der Waals surface area contributed by atoms with Crippen LogP contribution in [0.3, 0.4) is 0 Å². The van der Waals surface area contributed by atoms with Crippen molar-refractivity contribution in [1.82, 2.24) is 5.32 Å². The number of carboxylic acids is 1. The molecule has 0 fully saturated rings. The number of carbonyl (C=O) groups excluding carboxylic acids is 1. The molecule has 13 heavy (non-hydrogen) atoms. The highest BCUT2D eigenvalue weighted by Gasteiger charge is 2.16. The molecule has 1 atom stereocenters. The predicted molar refractivity (Wildman–Crippen MR) is 47.5 cm³/mol. The van der Waals surface area contributed by atoms with Crippen molar-refractivity contribution in [3.05, 3.63) is 6.54 Å². The molecule has 5 heteroatoms. The van der Waals surface area contributed by atoms with Crippen LogP contribution in [0.15, 0.2) is 0 Å². The molecule has 1 unspecified atom stereocenters. The lowest BCUT2D eigenvalue weighted by Gasteiger charge is -2.10. The summed E-state index contributed by atoms with van der Waals surface area (Å²) in [5.74, 6) is -1.33. The second-order valence-corrected chi connectivity index (χ2v) is 3.12. The fourth-order valence-corrected chi connectivity index (χ4v) is 0.637. The number of rotatable bonds is 5. The van der Waals surface area contributed by atoms with Crippen molar-refractivity contribution in [3.63, 3.8) is 0 Å². The minimum Gasteiger partial charge on any atom is -0.481 e. The zero-order valence-electron chi connectivity index (χ0n) is 7.78. The lowest BCUT2D eigenvalue weighted by molar-refractivity contribution is -0.139. The minimum absolute atomic E-state index is 0.209. The first-order chi connectivity index (χ1) is 5.93. The lowest BCUT2D eigenvalue weighted by Crippen LogP contribution is -2.41. The molecule has 0 saturated heterocycles. The number of nitrogens with two attached hydrogens (primary N) is 1. The van der Waals surface area contributed by atoms with E-state index in [1.165, 1.54) is 0 Å². The third kappa shape index (κ3) is 6.10. The SMILES string of the molecule is CC(C)[CH]NC(=O)C(N)CC(=O)O. The number of hydrogen-bond donors (Lipinski definition) is 3. The van der Waals surface area contributed by atoms with Crippen molar-refractivity contribution in [2.24, 2.45) is 11.7 Å². The fraction of sp³-hybridized carbons (Fsp3) is 0.625. The first-order valence-electron chi connectivity index (χ1n) is 4.04. The number of hydrogen-bond acceptors (Lipinski definition) is 3. The van der Waals surface area contributed by atoms with Crippen LogP contribution in [0.4, 0.5) is 0 Å². The molecule has 0 heterocycles. The van der Waals surface area contributed by atoms with Crippen molar-refractivity contribution in [2.45, 2.75) is 26.3 Å². The molecule has 0 spiro atoms. The van der Waals surface area contributed by atoms with Gasteiger partial charge in [0.25, 0.3) is 0 Å². The van der Waals surface area contributed by atoms with Gasteiger partial charge < -0.3 is 16.2 Å². The van der Waals surface area contributed by atoms with Gasteiger partial charge in [0.2, 0.25) is 5.91 Å². The van der Waals surface area contributed by atoms with E-state index in [1.54, 1.807) is 6.54 Å². The third-order valence-corrected chi connectivity index (χ3v) is 1.29. The Hall–Kier alpha value is -1.10. The van der Waals surface area contributed by atoms with Crippen LogP contribution in [0, 0.1) is 12.5 Å². The standard InChI is InChI=1S/C8H15N2O3/c1-5(2)4-10-8(13)6(9)3-7(11)12/h4-6H,3,9H2,1-2H3,(H,10,13)(H,11,12). The van der Waals surface area contributed by atoms with E-state index in [2.05, 4.69) is 5.32 Å². The number of aliphatic carboxylic acids is 1. The molecule has 5 nitrogen and oxygen atoms in total. The largest absolute Gasteiger partial charge is 0.481 e. The van der Waals surface area contributed by atoms with Gasteiger partial charge in [-0.05, 0) is 5.92 Å². The lowest BCUT2D eigenvalue weighted by atomic mass is 10.2. The van der Waals surface area contributed by atoms with E-state index < -0.39 is 17.9 Å². The average molecular weight is 187 g/mol. The van der Waals surface area contributed by atoms with Gasteiger partial charge in [-0.15, -0.1) is 0 Å². The van der Waals surface area contributed by atoms with Gasteiger partial charge in [0.05, 0.1) is 19.0 Å². The Labute approximate surface area is 77.3 Å². The third-order valence-electron chi connectivity index (χ3n) is 1.29. The van der Waals surface area contributed by atoms with E-state index in [-0.39, 0.29) is 12.3 Å².